The van der Waals surface area contributed by atoms with E-state index in [1.807, 2.05) is 0 Å². The number of hydrogen-bond acceptors (Lipinski definition) is 2. The number of hydrogen-bond donors (Lipinski definition) is 1. The smallest absolute Gasteiger partial charge is 0.339 e. The van der Waals surface area contributed by atoms with Crippen LogP contribution in [-0.2, 0) is 0 Å². The number of para-hydroxylation sites is 1. The highest BCUT2D eigenvalue weighted by molar-refractivity contribution is 6.29. The number of rotatable bonds is 4. The lowest BCUT2D eigenvalue weighted by Gasteiger charge is -2.10. The second kappa shape index (κ2) is 4.84. The predicted octanol–water partition coefficient (Wildman–Crippen LogP) is 2.82. The summed E-state index contributed by atoms with van der Waals surface area (Å²) in [4.78, 5) is 10.9. The number of carboxylic acid groups (broad SMARTS) is 1. The fraction of sp³-hybridized carbons (Fsp3) is 0.182. The van der Waals surface area contributed by atoms with Gasteiger partial charge in [-0.3, -0.25) is 0 Å². The summed E-state index contributed by atoms with van der Waals surface area (Å²) in [5, 5.41) is 9.25. The Balaban J connectivity index is 3.02. The van der Waals surface area contributed by atoms with Gasteiger partial charge in [0.2, 0.25) is 0 Å². The third-order valence-corrected chi connectivity index (χ3v) is 1.92. The monoisotopic (exact) mass is 226 g/mol. The molecule has 0 fully saturated rings. The molecule has 0 saturated carbocycles. The summed E-state index contributed by atoms with van der Waals surface area (Å²) in [6.45, 7) is 5.35. The van der Waals surface area contributed by atoms with Crippen LogP contribution in [0, 0.1) is 6.92 Å². The van der Waals surface area contributed by atoms with Crippen LogP contribution in [0.15, 0.2) is 29.8 Å². The Morgan fingerprint density at radius 2 is 2.27 bits per heavy atom. The van der Waals surface area contributed by atoms with E-state index in [1.54, 1.807) is 19.1 Å². The van der Waals surface area contributed by atoms with Crippen molar-refractivity contribution < 1.29 is 14.6 Å². The van der Waals surface area contributed by atoms with Gasteiger partial charge in [0.05, 0.1) is 0 Å². The highest BCUT2D eigenvalue weighted by Crippen LogP contribution is 2.24. The molecule has 0 aromatic heterocycles. The first-order valence-corrected chi connectivity index (χ1v) is 4.69. The molecule has 0 heterocycles. The molecule has 1 N–H and O–H groups in total. The summed E-state index contributed by atoms with van der Waals surface area (Å²) in [5.41, 5.74) is 0.890. The van der Waals surface area contributed by atoms with Crippen molar-refractivity contribution in [3.05, 3.63) is 40.9 Å². The average Bonchev–Trinajstić information content (AvgIpc) is 2.15. The third-order valence-electron chi connectivity index (χ3n) is 1.82. The van der Waals surface area contributed by atoms with Crippen LogP contribution in [-0.4, -0.2) is 17.7 Å². The van der Waals surface area contributed by atoms with Crippen molar-refractivity contribution in [2.24, 2.45) is 0 Å². The van der Waals surface area contributed by atoms with Gasteiger partial charge in [-0.15, -0.1) is 0 Å². The standard InChI is InChI=1S/C11H11ClO3/c1-7-4-3-5-9(11(13)14)10(7)15-6-8(2)12/h3-5H,2,6H2,1H3,(H,13,14). The Morgan fingerprint density at radius 1 is 1.60 bits per heavy atom. The van der Waals surface area contributed by atoms with E-state index in [9.17, 15) is 4.79 Å². The highest BCUT2D eigenvalue weighted by Gasteiger charge is 2.13. The summed E-state index contributed by atoms with van der Waals surface area (Å²) in [6, 6.07) is 4.93. The molecule has 0 aliphatic carbocycles. The number of carbonyl (C=O) groups is 1. The molecule has 0 aliphatic heterocycles. The molecule has 1 rings (SSSR count). The number of aromatic carboxylic acids is 1. The minimum Gasteiger partial charge on any atom is -0.487 e. The third kappa shape index (κ3) is 2.99. The summed E-state index contributed by atoms with van der Waals surface area (Å²) < 4.78 is 5.28. The van der Waals surface area contributed by atoms with Gasteiger partial charge in [-0.05, 0) is 18.6 Å². The zero-order valence-electron chi connectivity index (χ0n) is 8.29. The van der Waals surface area contributed by atoms with Crippen LogP contribution < -0.4 is 4.74 Å². The maximum Gasteiger partial charge on any atom is 0.339 e. The Morgan fingerprint density at radius 3 is 2.80 bits per heavy atom. The van der Waals surface area contributed by atoms with Crippen molar-refractivity contribution in [2.75, 3.05) is 6.61 Å². The minimum atomic E-state index is -1.02. The maximum atomic E-state index is 10.9. The molecule has 4 heteroatoms. The summed E-state index contributed by atoms with van der Waals surface area (Å²) >= 11 is 5.55. The lowest BCUT2D eigenvalue weighted by atomic mass is 10.1. The van der Waals surface area contributed by atoms with Crippen LogP contribution in [0.3, 0.4) is 0 Å². The lowest BCUT2D eigenvalue weighted by molar-refractivity contribution is 0.0692. The van der Waals surface area contributed by atoms with Crippen LogP contribution in [0.25, 0.3) is 0 Å². The van der Waals surface area contributed by atoms with Gasteiger partial charge in [0.1, 0.15) is 17.9 Å². The van der Waals surface area contributed by atoms with Crippen molar-refractivity contribution in [1.82, 2.24) is 0 Å². The molecule has 3 nitrogen and oxygen atoms in total. The Kier molecular flexibility index (Phi) is 3.74. The van der Waals surface area contributed by atoms with Gasteiger partial charge < -0.3 is 9.84 Å². The van der Waals surface area contributed by atoms with Crippen LogP contribution >= 0.6 is 11.6 Å². The fourth-order valence-corrected chi connectivity index (χ4v) is 1.22. The molecular weight excluding hydrogens is 216 g/mol. The summed E-state index contributed by atoms with van der Waals surface area (Å²) in [6.07, 6.45) is 0. The fourth-order valence-electron chi connectivity index (χ4n) is 1.16. The maximum absolute atomic E-state index is 10.9. The van der Waals surface area contributed by atoms with Crippen LogP contribution in [0.1, 0.15) is 15.9 Å². The van der Waals surface area contributed by atoms with E-state index in [-0.39, 0.29) is 12.2 Å². The number of ether oxygens (including phenoxy) is 1. The van der Waals surface area contributed by atoms with E-state index >= 15 is 0 Å². The first kappa shape index (κ1) is 11.6. The van der Waals surface area contributed by atoms with E-state index in [0.717, 1.165) is 5.56 Å². The van der Waals surface area contributed by atoms with Gasteiger partial charge in [0, 0.05) is 5.03 Å². The normalized spacial score (nSPS) is 9.73. The molecular formula is C11H11ClO3. The number of benzene rings is 1. The molecule has 80 valence electrons. The van der Waals surface area contributed by atoms with Gasteiger partial charge in [-0.1, -0.05) is 30.3 Å². The van der Waals surface area contributed by atoms with E-state index < -0.39 is 5.97 Å². The molecule has 0 atom stereocenters. The molecule has 1 aromatic carbocycles. The van der Waals surface area contributed by atoms with Crippen molar-refractivity contribution >= 4 is 17.6 Å². The molecule has 0 saturated heterocycles. The molecule has 1 aromatic rings. The Hall–Kier alpha value is -1.48. The van der Waals surface area contributed by atoms with Crippen LogP contribution in [0.5, 0.6) is 5.75 Å². The molecule has 15 heavy (non-hydrogen) atoms. The second-order valence-corrected chi connectivity index (χ2v) is 3.60. The van der Waals surface area contributed by atoms with E-state index in [0.29, 0.717) is 10.8 Å². The van der Waals surface area contributed by atoms with E-state index in [4.69, 9.17) is 21.4 Å². The van der Waals surface area contributed by atoms with Crippen molar-refractivity contribution in [3.63, 3.8) is 0 Å². The van der Waals surface area contributed by atoms with Crippen LogP contribution in [0.4, 0.5) is 0 Å². The molecule has 0 unspecified atom stereocenters. The molecule has 0 bridgehead atoms. The average molecular weight is 227 g/mol. The zero-order valence-corrected chi connectivity index (χ0v) is 9.04. The first-order chi connectivity index (χ1) is 7.02. The van der Waals surface area contributed by atoms with E-state index in [2.05, 4.69) is 6.58 Å². The van der Waals surface area contributed by atoms with Crippen molar-refractivity contribution in [2.45, 2.75) is 6.92 Å². The summed E-state index contributed by atoms with van der Waals surface area (Å²) in [7, 11) is 0. The molecule has 0 radical (unpaired) electrons. The minimum absolute atomic E-state index is 0.104. The topological polar surface area (TPSA) is 46.5 Å². The van der Waals surface area contributed by atoms with Crippen molar-refractivity contribution in [3.8, 4) is 5.75 Å². The highest BCUT2D eigenvalue weighted by atomic mass is 35.5. The quantitative estimate of drug-likeness (QED) is 0.859. The number of halogens is 1. The zero-order chi connectivity index (χ0) is 11.4. The summed E-state index contributed by atoms with van der Waals surface area (Å²) in [5.74, 6) is -0.680. The first-order valence-electron chi connectivity index (χ1n) is 4.31. The Bertz CT molecular complexity index is 399. The molecule has 0 spiro atoms. The van der Waals surface area contributed by atoms with Crippen LogP contribution in [0.2, 0.25) is 0 Å². The van der Waals surface area contributed by atoms with Gasteiger partial charge in [-0.25, -0.2) is 4.79 Å². The second-order valence-electron chi connectivity index (χ2n) is 3.06. The number of carboxylic acids is 1. The Labute approximate surface area is 92.9 Å². The van der Waals surface area contributed by atoms with Gasteiger partial charge >= 0.3 is 5.97 Å². The predicted molar refractivity (Wildman–Crippen MR) is 58.6 cm³/mol. The van der Waals surface area contributed by atoms with Crippen molar-refractivity contribution in [1.29, 1.82) is 0 Å². The van der Waals surface area contributed by atoms with Gasteiger partial charge in [0.15, 0.2) is 0 Å². The lowest BCUT2D eigenvalue weighted by Crippen LogP contribution is -2.05. The van der Waals surface area contributed by atoms with Gasteiger partial charge in [-0.2, -0.15) is 0 Å². The number of aryl methyl sites for hydroxylation is 1. The SMILES string of the molecule is C=C(Cl)COc1c(C)cccc1C(=O)O. The largest absolute Gasteiger partial charge is 0.487 e. The molecule has 0 aliphatic rings. The molecule has 0 amide bonds. The van der Waals surface area contributed by atoms with Gasteiger partial charge in [0.25, 0.3) is 0 Å². The van der Waals surface area contributed by atoms with E-state index in [1.165, 1.54) is 6.07 Å².